The lowest BCUT2D eigenvalue weighted by molar-refractivity contribution is 0.482. The van der Waals surface area contributed by atoms with Gasteiger partial charge in [0.1, 0.15) is 0 Å². The molecule has 0 spiro atoms. The Balaban J connectivity index is 0.000000791. The third kappa shape index (κ3) is 6.56. The molecule has 4 nitrogen and oxygen atoms in total. The summed E-state index contributed by atoms with van der Waals surface area (Å²) >= 11 is 0. The number of hydrogen-bond donors (Lipinski definition) is 1. The van der Waals surface area contributed by atoms with E-state index in [1.165, 1.54) is 0 Å². The van der Waals surface area contributed by atoms with Crippen LogP contribution in [0.15, 0.2) is 24.5 Å². The summed E-state index contributed by atoms with van der Waals surface area (Å²) in [7, 11) is -3.84. The van der Waals surface area contributed by atoms with Crippen molar-refractivity contribution in [2.75, 3.05) is 5.75 Å². The maximum atomic E-state index is 10.3. The molecule has 1 aromatic rings. The number of rotatable bonds is 3. The van der Waals surface area contributed by atoms with Crippen molar-refractivity contribution in [3.63, 3.8) is 0 Å². The molecule has 0 aliphatic heterocycles. The molecular formula is C9H15NO3S. The van der Waals surface area contributed by atoms with Crippen LogP contribution in [0.25, 0.3) is 0 Å². The molecule has 0 aromatic carbocycles. The first-order chi connectivity index (χ1) is 6.58. The lowest BCUT2D eigenvalue weighted by atomic mass is 10.2. The molecule has 0 amide bonds. The van der Waals surface area contributed by atoms with Crippen LogP contribution in [-0.4, -0.2) is 23.7 Å². The van der Waals surface area contributed by atoms with E-state index in [1.54, 1.807) is 24.5 Å². The van der Waals surface area contributed by atoms with Crippen molar-refractivity contribution in [3.05, 3.63) is 30.1 Å². The molecule has 0 aliphatic carbocycles. The Kier molecular flexibility index (Phi) is 6.07. The molecule has 0 unspecified atom stereocenters. The second kappa shape index (κ2) is 6.50. The van der Waals surface area contributed by atoms with Crippen LogP contribution in [0.3, 0.4) is 0 Å². The van der Waals surface area contributed by atoms with Gasteiger partial charge in [-0.15, -0.1) is 0 Å². The van der Waals surface area contributed by atoms with E-state index < -0.39 is 10.1 Å². The second-order valence-electron chi connectivity index (χ2n) is 2.39. The highest BCUT2D eigenvalue weighted by Gasteiger charge is 2.03. The van der Waals surface area contributed by atoms with Crippen molar-refractivity contribution in [3.8, 4) is 0 Å². The van der Waals surface area contributed by atoms with Gasteiger partial charge in [0, 0.05) is 12.4 Å². The summed E-state index contributed by atoms with van der Waals surface area (Å²) in [6.07, 6.45) is 3.49. The largest absolute Gasteiger partial charge is 0.286 e. The van der Waals surface area contributed by atoms with Gasteiger partial charge in [0.2, 0.25) is 0 Å². The summed E-state index contributed by atoms with van der Waals surface area (Å²) < 4.78 is 29.1. The molecule has 0 radical (unpaired) electrons. The summed E-state index contributed by atoms with van der Waals surface area (Å²) in [6.45, 7) is 4.00. The van der Waals surface area contributed by atoms with Crippen LogP contribution in [0.1, 0.15) is 19.4 Å². The number of pyridine rings is 1. The van der Waals surface area contributed by atoms with Crippen molar-refractivity contribution in [1.82, 2.24) is 4.98 Å². The van der Waals surface area contributed by atoms with Crippen molar-refractivity contribution >= 4 is 10.1 Å². The van der Waals surface area contributed by atoms with E-state index in [1.807, 2.05) is 13.8 Å². The van der Waals surface area contributed by atoms with Gasteiger partial charge in [0.25, 0.3) is 10.1 Å². The topological polar surface area (TPSA) is 67.3 Å². The molecular weight excluding hydrogens is 202 g/mol. The summed E-state index contributed by atoms with van der Waals surface area (Å²) in [6, 6.07) is 3.43. The maximum absolute atomic E-state index is 10.3. The average Bonchev–Trinajstić information content (AvgIpc) is 2.19. The Morgan fingerprint density at radius 1 is 1.29 bits per heavy atom. The monoisotopic (exact) mass is 217 g/mol. The Bertz CT molecular complexity index is 334. The summed E-state index contributed by atoms with van der Waals surface area (Å²) in [5.74, 6) is -0.239. The van der Waals surface area contributed by atoms with Gasteiger partial charge in [0.05, 0.1) is 5.75 Å². The van der Waals surface area contributed by atoms with Crippen LogP contribution in [0, 0.1) is 0 Å². The highest BCUT2D eigenvalue weighted by molar-refractivity contribution is 7.85. The standard InChI is InChI=1S/C7H9NO3S.C2H6/c9-12(10,11)6-3-7-1-4-8-5-2-7;1-2/h1-2,4-5H,3,6H2,(H,9,10,11);1-2H3. The van der Waals surface area contributed by atoms with Gasteiger partial charge in [-0.05, 0) is 24.1 Å². The fourth-order valence-electron chi connectivity index (χ4n) is 0.796. The Morgan fingerprint density at radius 3 is 2.21 bits per heavy atom. The normalized spacial score (nSPS) is 10.2. The first-order valence-corrected chi connectivity index (χ1v) is 6.03. The molecule has 0 aliphatic rings. The van der Waals surface area contributed by atoms with Gasteiger partial charge in [0.15, 0.2) is 0 Å². The zero-order valence-corrected chi connectivity index (χ0v) is 9.16. The van der Waals surface area contributed by atoms with E-state index in [2.05, 4.69) is 4.98 Å². The third-order valence-electron chi connectivity index (χ3n) is 1.40. The van der Waals surface area contributed by atoms with E-state index in [9.17, 15) is 8.42 Å². The molecule has 0 saturated carbocycles. The van der Waals surface area contributed by atoms with E-state index in [0.29, 0.717) is 6.42 Å². The molecule has 1 N–H and O–H groups in total. The van der Waals surface area contributed by atoms with Crippen LogP contribution in [0.2, 0.25) is 0 Å². The molecule has 0 saturated heterocycles. The van der Waals surface area contributed by atoms with Crippen LogP contribution in [0.5, 0.6) is 0 Å². The van der Waals surface area contributed by atoms with Gasteiger partial charge < -0.3 is 0 Å². The van der Waals surface area contributed by atoms with E-state index >= 15 is 0 Å². The number of nitrogens with zero attached hydrogens (tertiary/aromatic N) is 1. The second-order valence-corrected chi connectivity index (χ2v) is 3.96. The van der Waals surface area contributed by atoms with E-state index in [-0.39, 0.29) is 5.75 Å². The predicted octanol–water partition coefficient (Wildman–Crippen LogP) is 1.54. The quantitative estimate of drug-likeness (QED) is 0.780. The van der Waals surface area contributed by atoms with Crippen molar-refractivity contribution in [2.24, 2.45) is 0 Å². The highest BCUT2D eigenvalue weighted by atomic mass is 32.2. The van der Waals surface area contributed by atoms with E-state index in [4.69, 9.17) is 4.55 Å². The minimum Gasteiger partial charge on any atom is -0.286 e. The summed E-state index contributed by atoms with van der Waals surface area (Å²) in [5, 5.41) is 0. The zero-order chi connectivity index (χ0) is 11.0. The molecule has 1 rings (SSSR count). The smallest absolute Gasteiger partial charge is 0.265 e. The first kappa shape index (κ1) is 13.1. The number of hydrogen-bond acceptors (Lipinski definition) is 3. The third-order valence-corrected chi connectivity index (χ3v) is 2.12. The minimum absolute atomic E-state index is 0.239. The zero-order valence-electron chi connectivity index (χ0n) is 8.34. The fourth-order valence-corrected chi connectivity index (χ4v) is 1.29. The molecule has 1 aromatic heterocycles. The summed E-state index contributed by atoms with van der Waals surface area (Å²) in [5.41, 5.74) is 0.850. The Morgan fingerprint density at radius 2 is 1.79 bits per heavy atom. The molecule has 5 heteroatoms. The van der Waals surface area contributed by atoms with Crippen LogP contribution in [0.4, 0.5) is 0 Å². The first-order valence-electron chi connectivity index (χ1n) is 4.42. The number of aromatic nitrogens is 1. The highest BCUT2D eigenvalue weighted by Crippen LogP contribution is 1.98. The van der Waals surface area contributed by atoms with E-state index in [0.717, 1.165) is 5.56 Å². The fraction of sp³-hybridized carbons (Fsp3) is 0.444. The van der Waals surface area contributed by atoms with Crippen LogP contribution >= 0.6 is 0 Å². The Labute approximate surface area is 84.7 Å². The SMILES string of the molecule is CC.O=S(=O)(O)CCc1ccncc1. The van der Waals surface area contributed by atoms with Crippen LogP contribution < -0.4 is 0 Å². The van der Waals surface area contributed by atoms with Gasteiger partial charge in [-0.2, -0.15) is 8.42 Å². The van der Waals surface area contributed by atoms with Crippen molar-refractivity contribution in [2.45, 2.75) is 20.3 Å². The maximum Gasteiger partial charge on any atom is 0.265 e. The number of aryl methyl sites for hydroxylation is 1. The predicted molar refractivity (Wildman–Crippen MR) is 55.7 cm³/mol. The molecule has 80 valence electrons. The average molecular weight is 217 g/mol. The van der Waals surface area contributed by atoms with Gasteiger partial charge in [-0.1, -0.05) is 13.8 Å². The van der Waals surface area contributed by atoms with Crippen molar-refractivity contribution < 1.29 is 13.0 Å². The Hall–Kier alpha value is -0.940. The molecule has 0 bridgehead atoms. The van der Waals surface area contributed by atoms with Gasteiger partial charge >= 0.3 is 0 Å². The molecule has 0 fully saturated rings. The van der Waals surface area contributed by atoms with Crippen LogP contribution in [-0.2, 0) is 16.5 Å². The lowest BCUT2D eigenvalue weighted by Gasteiger charge is -1.96. The summed E-state index contributed by atoms with van der Waals surface area (Å²) in [4.78, 5) is 3.78. The molecule has 1 heterocycles. The molecule has 14 heavy (non-hydrogen) atoms. The van der Waals surface area contributed by atoms with Gasteiger partial charge in [-0.25, -0.2) is 0 Å². The molecule has 0 atom stereocenters. The van der Waals surface area contributed by atoms with Crippen molar-refractivity contribution in [1.29, 1.82) is 0 Å². The lowest BCUT2D eigenvalue weighted by Crippen LogP contribution is -2.06. The van der Waals surface area contributed by atoms with Gasteiger partial charge in [-0.3, -0.25) is 9.54 Å². The minimum atomic E-state index is -3.84.